The predicted octanol–water partition coefficient (Wildman–Crippen LogP) is 3.65. The molecule has 0 saturated carbocycles. The number of para-hydroxylation sites is 1. The largest absolute Gasteiger partial charge is 0.455 e. The molecule has 2 unspecified atom stereocenters. The Hall–Kier alpha value is -2.90. The highest BCUT2D eigenvalue weighted by atomic mass is 16.7. The summed E-state index contributed by atoms with van der Waals surface area (Å²) in [6.07, 6.45) is 6.44. The first kappa shape index (κ1) is 19.1. The Bertz CT molecular complexity index is 1080. The Balaban J connectivity index is 1.50. The van der Waals surface area contributed by atoms with Gasteiger partial charge in [0, 0.05) is 29.9 Å². The summed E-state index contributed by atoms with van der Waals surface area (Å²) >= 11 is 0. The summed E-state index contributed by atoms with van der Waals surface area (Å²) in [7, 11) is 0. The zero-order chi connectivity index (χ0) is 20.6. The van der Waals surface area contributed by atoms with Crippen molar-refractivity contribution in [3.8, 4) is 5.75 Å². The molecule has 1 saturated heterocycles. The average molecular weight is 406 g/mol. The number of ether oxygens (including phenoxy) is 2. The quantitative estimate of drug-likeness (QED) is 0.517. The van der Waals surface area contributed by atoms with Gasteiger partial charge in [-0.3, -0.25) is 4.90 Å². The van der Waals surface area contributed by atoms with E-state index in [0.29, 0.717) is 29.8 Å². The lowest BCUT2D eigenvalue weighted by molar-refractivity contribution is -0.194. The number of hydrogen-bond donors (Lipinski definition) is 1. The molecule has 1 fully saturated rings. The van der Waals surface area contributed by atoms with Gasteiger partial charge in [0.2, 0.25) is 0 Å². The van der Waals surface area contributed by atoms with Crippen LogP contribution < -0.4 is 4.74 Å². The predicted molar refractivity (Wildman–Crippen MR) is 113 cm³/mol. The summed E-state index contributed by atoms with van der Waals surface area (Å²) in [6.45, 7) is 4.68. The fourth-order valence-electron chi connectivity index (χ4n) is 4.51. The van der Waals surface area contributed by atoms with Gasteiger partial charge in [-0.2, -0.15) is 0 Å². The van der Waals surface area contributed by atoms with Crippen LogP contribution >= 0.6 is 0 Å². The van der Waals surface area contributed by atoms with E-state index in [9.17, 15) is 5.21 Å². The topological polar surface area (TPSA) is 71.6 Å². The van der Waals surface area contributed by atoms with Crippen LogP contribution in [0.3, 0.4) is 0 Å². The summed E-state index contributed by atoms with van der Waals surface area (Å²) in [6, 6.07) is 14.1. The monoisotopic (exact) mass is 406 g/mol. The van der Waals surface area contributed by atoms with Crippen molar-refractivity contribution in [2.75, 3.05) is 19.7 Å². The normalized spacial score (nSPS) is 25.5. The van der Waals surface area contributed by atoms with Crippen molar-refractivity contribution in [3.05, 3.63) is 66.2 Å². The summed E-state index contributed by atoms with van der Waals surface area (Å²) in [4.78, 5) is 7.08. The number of nitrogens with zero attached hydrogens (tertiary/aromatic N) is 4. The average Bonchev–Trinajstić information content (AvgIpc) is 3.41. The summed E-state index contributed by atoms with van der Waals surface area (Å²) < 4.78 is 14.8. The van der Waals surface area contributed by atoms with Crippen LogP contribution in [0.1, 0.15) is 37.4 Å². The molecule has 4 heterocycles. The van der Waals surface area contributed by atoms with Gasteiger partial charge >= 0.3 is 0 Å². The molecule has 0 bridgehead atoms. The fourth-order valence-corrected chi connectivity index (χ4v) is 4.51. The number of rotatable bonds is 5. The first-order valence-corrected chi connectivity index (χ1v) is 10.5. The lowest BCUT2D eigenvalue weighted by atomic mass is 9.95. The minimum Gasteiger partial charge on any atom is -0.455 e. The van der Waals surface area contributed by atoms with E-state index in [-0.39, 0.29) is 6.42 Å². The molecule has 2 aliphatic heterocycles. The number of oxime groups is 1. The molecule has 7 nitrogen and oxygen atoms in total. The van der Waals surface area contributed by atoms with Crippen molar-refractivity contribution in [1.82, 2.24) is 14.3 Å². The van der Waals surface area contributed by atoms with Gasteiger partial charge in [0.1, 0.15) is 11.4 Å². The van der Waals surface area contributed by atoms with E-state index < -0.39 is 5.79 Å². The van der Waals surface area contributed by atoms with E-state index in [1.165, 1.54) is 12.8 Å². The lowest BCUT2D eigenvalue weighted by Crippen LogP contribution is -2.44. The zero-order valence-corrected chi connectivity index (χ0v) is 17.1. The Morgan fingerprint density at radius 1 is 1.30 bits per heavy atom. The molecular formula is C23H26N4O3. The minimum absolute atomic E-state index is 0.278. The number of aromatic nitrogens is 2. The van der Waals surface area contributed by atoms with Gasteiger partial charge in [-0.15, -0.1) is 0 Å². The van der Waals surface area contributed by atoms with E-state index in [2.05, 4.69) is 22.0 Å². The fraction of sp³-hybridized carbons (Fsp3) is 0.391. The van der Waals surface area contributed by atoms with Gasteiger partial charge in [0.25, 0.3) is 5.79 Å². The molecule has 30 heavy (non-hydrogen) atoms. The summed E-state index contributed by atoms with van der Waals surface area (Å²) in [5, 5.41) is 13.3. The maximum atomic E-state index is 9.73. The minimum atomic E-state index is -1.15. The first-order chi connectivity index (χ1) is 14.7. The molecule has 0 aliphatic carbocycles. The van der Waals surface area contributed by atoms with Crippen molar-refractivity contribution >= 4 is 11.2 Å². The number of benzene rings is 1. The third-order valence-electron chi connectivity index (χ3n) is 6.21. The second-order valence-corrected chi connectivity index (χ2v) is 8.06. The maximum absolute atomic E-state index is 9.73. The lowest BCUT2D eigenvalue weighted by Gasteiger charge is -2.38. The van der Waals surface area contributed by atoms with Crippen LogP contribution in [0.2, 0.25) is 0 Å². The maximum Gasteiger partial charge on any atom is 0.260 e. The molecule has 0 spiro atoms. The Morgan fingerprint density at radius 2 is 2.20 bits per heavy atom. The highest BCUT2D eigenvalue weighted by Gasteiger charge is 2.44. The van der Waals surface area contributed by atoms with Crippen LogP contribution in [0.4, 0.5) is 0 Å². The van der Waals surface area contributed by atoms with Crippen LogP contribution in [0.15, 0.2) is 60.1 Å². The van der Waals surface area contributed by atoms with Crippen molar-refractivity contribution in [2.24, 2.45) is 5.16 Å². The molecule has 1 N–H and O–H groups in total. The molecule has 2 aromatic heterocycles. The summed E-state index contributed by atoms with van der Waals surface area (Å²) in [5.74, 6) is -0.520. The standard InChI is InChI=1S/C23H26N4O3/c1-17-6-4-10-26(17)12-13-29-23(22-14-18-7-5-11-27(18)16-24-22)15-20(25-28)19-8-2-3-9-21(19)30-23/h2-3,5,7-9,11,14,16-17,28H,4,6,10,12-13,15H2,1H3/b25-20-. The van der Waals surface area contributed by atoms with Gasteiger partial charge in [-0.25, -0.2) is 4.98 Å². The third kappa shape index (κ3) is 3.34. The second-order valence-electron chi connectivity index (χ2n) is 8.06. The molecule has 0 amide bonds. The van der Waals surface area contributed by atoms with Crippen molar-refractivity contribution in [1.29, 1.82) is 0 Å². The van der Waals surface area contributed by atoms with Gasteiger partial charge in [0.05, 0.1) is 25.1 Å². The molecule has 1 aromatic carbocycles. The highest BCUT2D eigenvalue weighted by Crippen LogP contribution is 2.40. The first-order valence-electron chi connectivity index (χ1n) is 10.5. The van der Waals surface area contributed by atoms with Crippen molar-refractivity contribution < 1.29 is 14.7 Å². The molecule has 5 rings (SSSR count). The molecule has 3 aromatic rings. The number of likely N-dealkylation sites (tertiary alicyclic amines) is 1. The number of hydrogen-bond acceptors (Lipinski definition) is 6. The Labute approximate surface area is 175 Å². The molecule has 2 atom stereocenters. The molecule has 0 radical (unpaired) electrons. The number of fused-ring (bicyclic) bond motifs is 2. The summed E-state index contributed by atoms with van der Waals surface area (Å²) in [5.41, 5.74) is 2.97. The van der Waals surface area contributed by atoms with Crippen LogP contribution in [-0.2, 0) is 10.5 Å². The zero-order valence-electron chi connectivity index (χ0n) is 17.1. The van der Waals surface area contributed by atoms with E-state index in [1.807, 2.05) is 53.1 Å². The van der Waals surface area contributed by atoms with Gasteiger partial charge in [-0.05, 0) is 56.6 Å². The van der Waals surface area contributed by atoms with Gasteiger partial charge in [0.15, 0.2) is 0 Å². The van der Waals surface area contributed by atoms with E-state index in [1.54, 1.807) is 6.33 Å². The Kier molecular flexibility index (Phi) is 4.92. The van der Waals surface area contributed by atoms with Gasteiger partial charge in [-0.1, -0.05) is 17.3 Å². The molecular weight excluding hydrogens is 380 g/mol. The highest BCUT2D eigenvalue weighted by molar-refractivity contribution is 6.04. The SMILES string of the molecule is CC1CCCN1CCOC1(c2cc3cccn3cn2)C/C(=N/O)c2ccccc2O1. The van der Waals surface area contributed by atoms with E-state index >= 15 is 0 Å². The van der Waals surface area contributed by atoms with E-state index in [0.717, 1.165) is 24.2 Å². The third-order valence-corrected chi connectivity index (χ3v) is 6.21. The van der Waals surface area contributed by atoms with Crippen LogP contribution in [-0.4, -0.2) is 50.9 Å². The molecule has 156 valence electrons. The smallest absolute Gasteiger partial charge is 0.260 e. The van der Waals surface area contributed by atoms with Crippen LogP contribution in [0, 0.1) is 0 Å². The van der Waals surface area contributed by atoms with Crippen molar-refractivity contribution in [3.63, 3.8) is 0 Å². The molecule has 7 heteroatoms. The van der Waals surface area contributed by atoms with Crippen LogP contribution in [0.5, 0.6) is 5.75 Å². The van der Waals surface area contributed by atoms with Gasteiger partial charge < -0.3 is 19.1 Å². The second kappa shape index (κ2) is 7.74. The van der Waals surface area contributed by atoms with E-state index in [4.69, 9.17) is 9.47 Å². The Morgan fingerprint density at radius 3 is 3.03 bits per heavy atom. The van der Waals surface area contributed by atoms with Crippen molar-refractivity contribution in [2.45, 2.75) is 38.0 Å². The molecule has 2 aliphatic rings. The van der Waals surface area contributed by atoms with Crippen LogP contribution in [0.25, 0.3) is 5.52 Å².